The summed E-state index contributed by atoms with van der Waals surface area (Å²) in [7, 11) is 0. The molecule has 182 valence electrons. The van der Waals surface area contributed by atoms with E-state index in [0.717, 1.165) is 31.2 Å². The highest BCUT2D eigenvalue weighted by molar-refractivity contribution is 5.81. The van der Waals surface area contributed by atoms with Gasteiger partial charge in [-0.3, -0.25) is 0 Å². The first-order chi connectivity index (χ1) is 16.4. The molecule has 2 fully saturated rings. The molecular weight excluding hydrogens is 445 g/mol. The molecule has 2 aliphatic rings. The molecule has 2 heterocycles. The molecule has 10 heteroatoms. The van der Waals surface area contributed by atoms with Crippen LogP contribution in [0.3, 0.4) is 0 Å². The second-order valence-corrected chi connectivity index (χ2v) is 9.45. The molecule has 0 spiro atoms. The molecule has 0 bridgehead atoms. The average molecular weight is 475 g/mol. The summed E-state index contributed by atoms with van der Waals surface area (Å²) in [4.78, 5) is 9.06. The Labute approximate surface area is 195 Å². The number of hydrogen-bond acceptors (Lipinski definition) is 6. The van der Waals surface area contributed by atoms with Crippen LogP contribution in [0.4, 0.5) is 30.6 Å². The lowest BCUT2D eigenvalue weighted by atomic mass is 9.92. The van der Waals surface area contributed by atoms with Crippen molar-refractivity contribution in [2.24, 2.45) is 5.73 Å². The number of benzene rings is 1. The highest BCUT2D eigenvalue weighted by Crippen LogP contribution is 2.36. The average Bonchev–Trinajstić information content (AvgIpc) is 3.16. The van der Waals surface area contributed by atoms with Gasteiger partial charge in [-0.2, -0.15) is 0 Å². The fourth-order valence-corrected chi connectivity index (χ4v) is 5.10. The molecule has 0 atom stereocenters. The minimum atomic E-state index is -1.04. The Balaban J connectivity index is 1.51. The lowest BCUT2D eigenvalue weighted by Gasteiger charge is -2.29. The van der Waals surface area contributed by atoms with Crippen molar-refractivity contribution in [3.8, 4) is 0 Å². The van der Waals surface area contributed by atoms with Crippen molar-refractivity contribution in [3.05, 3.63) is 41.8 Å². The van der Waals surface area contributed by atoms with Gasteiger partial charge in [-0.05, 0) is 51.4 Å². The van der Waals surface area contributed by atoms with E-state index < -0.39 is 23.1 Å². The number of rotatable bonds is 5. The minimum absolute atomic E-state index is 0.0228. The molecule has 0 saturated heterocycles. The summed E-state index contributed by atoms with van der Waals surface area (Å²) < 4.78 is 44.1. The molecule has 0 aliphatic heterocycles. The zero-order valence-corrected chi connectivity index (χ0v) is 18.8. The van der Waals surface area contributed by atoms with E-state index in [1.165, 1.54) is 0 Å². The van der Waals surface area contributed by atoms with Crippen molar-refractivity contribution >= 4 is 28.5 Å². The highest BCUT2D eigenvalue weighted by Gasteiger charge is 2.27. The van der Waals surface area contributed by atoms with Crippen LogP contribution in [0.25, 0.3) is 11.0 Å². The molecule has 7 nitrogen and oxygen atoms in total. The number of nitrogens with one attached hydrogen (secondary N) is 2. The highest BCUT2D eigenvalue weighted by atomic mass is 19.1. The maximum Gasteiger partial charge on any atom is 0.208 e. The van der Waals surface area contributed by atoms with Gasteiger partial charge in [0, 0.05) is 36.3 Å². The van der Waals surface area contributed by atoms with Crippen LogP contribution in [0.1, 0.15) is 57.4 Å². The van der Waals surface area contributed by atoms with Gasteiger partial charge in [0.25, 0.3) is 0 Å². The van der Waals surface area contributed by atoms with Crippen LogP contribution in [0.15, 0.2) is 24.4 Å². The third-order valence-electron chi connectivity index (χ3n) is 6.97. The fraction of sp³-hybridized carbons (Fsp3) is 0.500. The van der Waals surface area contributed by atoms with E-state index in [9.17, 15) is 18.3 Å². The zero-order valence-electron chi connectivity index (χ0n) is 18.8. The Kier molecular flexibility index (Phi) is 6.35. The molecule has 34 heavy (non-hydrogen) atoms. The van der Waals surface area contributed by atoms with Crippen LogP contribution < -0.4 is 16.4 Å². The van der Waals surface area contributed by atoms with Crippen molar-refractivity contribution < 1.29 is 18.3 Å². The van der Waals surface area contributed by atoms with E-state index in [0.29, 0.717) is 49.2 Å². The van der Waals surface area contributed by atoms with Gasteiger partial charge in [-0.1, -0.05) is 0 Å². The number of fused-ring (bicyclic) bond motifs is 1. The Morgan fingerprint density at radius 2 is 1.62 bits per heavy atom. The van der Waals surface area contributed by atoms with E-state index >= 15 is 0 Å². The summed E-state index contributed by atoms with van der Waals surface area (Å²) in [6.07, 6.45) is 7.80. The summed E-state index contributed by atoms with van der Waals surface area (Å²) in [6, 6.07) is 3.68. The summed E-state index contributed by atoms with van der Waals surface area (Å²) in [5.74, 6) is -2.10. The predicted molar refractivity (Wildman–Crippen MR) is 124 cm³/mol. The summed E-state index contributed by atoms with van der Waals surface area (Å²) in [5.41, 5.74) is 6.91. The largest absolute Gasteiger partial charge is 0.393 e. The Morgan fingerprint density at radius 3 is 2.29 bits per heavy atom. The number of nitrogens with zero attached hydrogens (tertiary/aromatic N) is 3. The van der Waals surface area contributed by atoms with Gasteiger partial charge in [0.2, 0.25) is 5.95 Å². The lowest BCUT2D eigenvalue weighted by Crippen LogP contribution is -2.33. The van der Waals surface area contributed by atoms with Gasteiger partial charge in [0.1, 0.15) is 22.8 Å². The van der Waals surface area contributed by atoms with Crippen LogP contribution in [0.5, 0.6) is 0 Å². The van der Waals surface area contributed by atoms with Gasteiger partial charge >= 0.3 is 0 Å². The van der Waals surface area contributed by atoms with E-state index in [1.54, 1.807) is 6.20 Å². The molecule has 3 aromatic rings. The van der Waals surface area contributed by atoms with Gasteiger partial charge in [0.05, 0.1) is 17.8 Å². The molecule has 2 saturated carbocycles. The molecule has 0 radical (unpaired) electrons. The normalized spacial score (nSPS) is 25.4. The molecule has 5 rings (SSSR count). The topological polar surface area (TPSA) is 101 Å². The fourth-order valence-electron chi connectivity index (χ4n) is 5.10. The predicted octanol–water partition coefficient (Wildman–Crippen LogP) is 4.75. The monoisotopic (exact) mass is 474 g/mol. The van der Waals surface area contributed by atoms with Crippen LogP contribution in [0, 0.1) is 17.5 Å². The number of anilines is 3. The van der Waals surface area contributed by atoms with Crippen molar-refractivity contribution in [1.29, 1.82) is 0 Å². The van der Waals surface area contributed by atoms with E-state index in [4.69, 9.17) is 5.73 Å². The molecule has 2 aromatic heterocycles. The maximum absolute atomic E-state index is 14.4. The summed E-state index contributed by atoms with van der Waals surface area (Å²) in [6.45, 7) is 0. The Hall–Kier alpha value is -2.85. The molecule has 0 amide bonds. The number of aliphatic hydroxyl groups excluding tert-OH is 1. The number of halogens is 3. The smallest absolute Gasteiger partial charge is 0.208 e. The van der Waals surface area contributed by atoms with E-state index in [1.807, 2.05) is 10.6 Å². The first-order valence-corrected chi connectivity index (χ1v) is 11.9. The van der Waals surface area contributed by atoms with Crippen molar-refractivity contribution in [1.82, 2.24) is 14.5 Å². The molecule has 0 unspecified atom stereocenters. The number of imidazole rings is 1. The standard InChI is InChI=1S/C24H29F3N6O/c25-13-9-18(26)23(19(27)10-13)32-24-31-20-12-29-22(30-15-3-1-14(28)2-4-15)11-21(20)33(24)16-5-7-17(34)8-6-16/h9-12,14-17,34H,1-8,28H2,(H,29,30)(H,31,32). The minimum Gasteiger partial charge on any atom is -0.393 e. The molecule has 5 N–H and O–H groups in total. The zero-order chi connectivity index (χ0) is 23.8. The molecule has 2 aliphatic carbocycles. The molecule has 1 aromatic carbocycles. The number of hydrogen-bond donors (Lipinski definition) is 4. The number of nitrogens with two attached hydrogens (primary N) is 1. The number of aliphatic hydroxyl groups is 1. The van der Waals surface area contributed by atoms with E-state index in [2.05, 4.69) is 20.6 Å². The van der Waals surface area contributed by atoms with E-state index in [-0.39, 0.29) is 30.2 Å². The summed E-state index contributed by atoms with van der Waals surface area (Å²) in [5, 5.41) is 16.2. The second-order valence-electron chi connectivity index (χ2n) is 9.45. The summed E-state index contributed by atoms with van der Waals surface area (Å²) >= 11 is 0. The molecular formula is C24H29F3N6O. The van der Waals surface area contributed by atoms with Gasteiger partial charge in [-0.25, -0.2) is 23.1 Å². The quantitative estimate of drug-likeness (QED) is 0.426. The Bertz CT molecular complexity index is 1150. The first kappa shape index (κ1) is 22.9. The Morgan fingerprint density at radius 1 is 0.941 bits per heavy atom. The van der Waals surface area contributed by atoms with Crippen LogP contribution >= 0.6 is 0 Å². The van der Waals surface area contributed by atoms with Crippen molar-refractivity contribution in [2.75, 3.05) is 10.6 Å². The maximum atomic E-state index is 14.4. The second kappa shape index (κ2) is 9.42. The SMILES string of the molecule is NC1CCC(Nc2cc3c(cn2)nc(Nc2c(F)cc(F)cc2F)n3C2CCC(O)CC2)CC1. The van der Waals surface area contributed by atoms with Crippen LogP contribution in [-0.4, -0.2) is 37.8 Å². The van der Waals surface area contributed by atoms with Crippen molar-refractivity contribution in [3.63, 3.8) is 0 Å². The first-order valence-electron chi connectivity index (χ1n) is 11.9. The third kappa shape index (κ3) is 4.69. The van der Waals surface area contributed by atoms with Crippen LogP contribution in [-0.2, 0) is 0 Å². The van der Waals surface area contributed by atoms with Gasteiger partial charge in [0.15, 0.2) is 11.6 Å². The third-order valence-corrected chi connectivity index (χ3v) is 6.97. The van der Waals surface area contributed by atoms with Crippen molar-refractivity contribution in [2.45, 2.75) is 75.6 Å². The number of pyridine rings is 1. The number of aromatic nitrogens is 3. The van der Waals surface area contributed by atoms with Gasteiger partial charge < -0.3 is 26.0 Å². The van der Waals surface area contributed by atoms with Crippen LogP contribution in [0.2, 0.25) is 0 Å². The lowest BCUT2D eigenvalue weighted by molar-refractivity contribution is 0.112. The van der Waals surface area contributed by atoms with Gasteiger partial charge in [-0.15, -0.1) is 0 Å².